The number of nitrogens with zero attached hydrogens (tertiary/aromatic N) is 2. The van der Waals surface area contributed by atoms with Crippen molar-refractivity contribution in [3.05, 3.63) is 4.88 Å². The summed E-state index contributed by atoms with van der Waals surface area (Å²) in [7, 11) is 0. The molecule has 1 unspecified atom stereocenters. The van der Waals surface area contributed by atoms with Crippen LogP contribution in [0.1, 0.15) is 23.5 Å². The van der Waals surface area contributed by atoms with Crippen molar-refractivity contribution >= 4 is 28.2 Å². The Morgan fingerprint density at radius 2 is 2.45 bits per heavy atom. The highest BCUT2D eigenvalue weighted by molar-refractivity contribution is 7.18. The van der Waals surface area contributed by atoms with E-state index in [1.165, 1.54) is 11.3 Å². The number of amides is 1. The van der Waals surface area contributed by atoms with E-state index in [0.29, 0.717) is 29.7 Å². The van der Waals surface area contributed by atoms with Gasteiger partial charge < -0.3 is 25.8 Å². The van der Waals surface area contributed by atoms with Crippen molar-refractivity contribution in [1.82, 2.24) is 9.88 Å². The second-order valence-corrected chi connectivity index (χ2v) is 5.96. The summed E-state index contributed by atoms with van der Waals surface area (Å²) in [6, 6.07) is 0.227. The van der Waals surface area contributed by atoms with Gasteiger partial charge in [-0.2, -0.15) is 0 Å². The van der Waals surface area contributed by atoms with E-state index >= 15 is 0 Å². The van der Waals surface area contributed by atoms with Crippen molar-refractivity contribution in [2.24, 2.45) is 0 Å². The van der Waals surface area contributed by atoms with Crippen molar-refractivity contribution in [2.75, 3.05) is 37.4 Å². The lowest BCUT2D eigenvalue weighted by Gasteiger charge is -2.31. The summed E-state index contributed by atoms with van der Waals surface area (Å²) in [6.07, 6.45) is -0.324. The minimum absolute atomic E-state index is 0.0951. The van der Waals surface area contributed by atoms with Crippen molar-refractivity contribution in [3.8, 4) is 0 Å². The molecule has 8 heteroatoms. The predicted octanol–water partition coefficient (Wildman–Crippen LogP) is 0.379. The Balaban J connectivity index is 2.10. The molecule has 1 saturated heterocycles. The molecule has 1 aromatic heterocycles. The zero-order valence-electron chi connectivity index (χ0n) is 11.6. The van der Waals surface area contributed by atoms with Gasteiger partial charge in [0.15, 0.2) is 5.13 Å². The number of thiazole rings is 1. The van der Waals surface area contributed by atoms with E-state index in [9.17, 15) is 4.79 Å². The Hall–Kier alpha value is -1.38. The Bertz CT molecular complexity index is 477. The molecule has 1 aliphatic rings. The number of carbonyl (C=O) groups excluding carboxylic acids is 1. The van der Waals surface area contributed by atoms with Crippen LogP contribution in [0.4, 0.5) is 10.9 Å². The fourth-order valence-electron chi connectivity index (χ4n) is 1.95. The van der Waals surface area contributed by atoms with Crippen LogP contribution in [0, 0.1) is 0 Å². The molecule has 0 saturated carbocycles. The van der Waals surface area contributed by atoms with Crippen LogP contribution in [-0.4, -0.2) is 59.3 Å². The zero-order chi connectivity index (χ0) is 14.7. The van der Waals surface area contributed by atoms with Gasteiger partial charge in [-0.05, 0) is 13.8 Å². The molecule has 0 radical (unpaired) electrons. The maximum absolute atomic E-state index is 12.4. The Labute approximate surface area is 121 Å². The van der Waals surface area contributed by atoms with E-state index in [4.69, 9.17) is 15.6 Å². The molecule has 1 aliphatic heterocycles. The van der Waals surface area contributed by atoms with Crippen molar-refractivity contribution in [1.29, 1.82) is 0 Å². The largest absolute Gasteiger partial charge is 0.394 e. The van der Waals surface area contributed by atoms with E-state index < -0.39 is 0 Å². The number of aromatic nitrogens is 1. The van der Waals surface area contributed by atoms with Crippen LogP contribution in [0.3, 0.4) is 0 Å². The summed E-state index contributed by atoms with van der Waals surface area (Å²) >= 11 is 1.26. The average Bonchev–Trinajstić information content (AvgIpc) is 2.77. The first kappa shape index (κ1) is 15.0. The van der Waals surface area contributed by atoms with Gasteiger partial charge in [-0.1, -0.05) is 11.3 Å². The molecule has 112 valence electrons. The number of hydrogen-bond donors (Lipinski definition) is 3. The SMILES string of the molecule is CC(C)Nc1nc(N)c(C(=O)N2CCOC(CO)C2)s1. The first-order valence-electron chi connectivity index (χ1n) is 6.55. The topological polar surface area (TPSA) is 101 Å². The van der Waals surface area contributed by atoms with Crippen molar-refractivity contribution < 1.29 is 14.6 Å². The number of aliphatic hydroxyl groups is 1. The van der Waals surface area contributed by atoms with Crippen LogP contribution >= 0.6 is 11.3 Å². The third-order valence-electron chi connectivity index (χ3n) is 2.89. The number of anilines is 2. The number of nitrogens with two attached hydrogens (primary N) is 1. The lowest BCUT2D eigenvalue weighted by molar-refractivity contribution is -0.0445. The van der Waals surface area contributed by atoms with E-state index in [2.05, 4.69) is 10.3 Å². The highest BCUT2D eigenvalue weighted by atomic mass is 32.1. The van der Waals surface area contributed by atoms with E-state index in [1.54, 1.807) is 4.90 Å². The molecule has 0 aliphatic carbocycles. The number of morpholine rings is 1. The standard InChI is InChI=1S/C12H20N4O3S/c1-7(2)14-12-15-10(13)9(20-12)11(18)16-3-4-19-8(5-16)6-17/h7-8,17H,3-6,13H2,1-2H3,(H,14,15). The van der Waals surface area contributed by atoms with E-state index in [-0.39, 0.29) is 30.5 Å². The maximum Gasteiger partial charge on any atom is 0.268 e. The molecule has 1 aromatic rings. The summed E-state index contributed by atoms with van der Waals surface area (Å²) in [4.78, 5) is 18.7. The number of nitrogens with one attached hydrogen (secondary N) is 1. The Morgan fingerprint density at radius 3 is 3.10 bits per heavy atom. The van der Waals surface area contributed by atoms with Gasteiger partial charge >= 0.3 is 0 Å². The number of ether oxygens (including phenoxy) is 1. The molecular weight excluding hydrogens is 280 g/mol. The lowest BCUT2D eigenvalue weighted by Crippen LogP contribution is -2.46. The fourth-order valence-corrected chi connectivity index (χ4v) is 2.95. The molecule has 1 atom stereocenters. The number of nitrogen functional groups attached to an aromatic ring is 1. The Kier molecular flexibility index (Phi) is 4.79. The predicted molar refractivity (Wildman–Crippen MR) is 78.0 cm³/mol. The summed E-state index contributed by atoms with van der Waals surface area (Å²) in [5.74, 6) is 0.0914. The molecule has 2 rings (SSSR count). The van der Waals surface area contributed by atoms with Gasteiger partial charge in [0.05, 0.1) is 19.3 Å². The van der Waals surface area contributed by atoms with Gasteiger partial charge in [-0.3, -0.25) is 4.79 Å². The molecular formula is C12H20N4O3S. The number of hydrogen-bond acceptors (Lipinski definition) is 7. The van der Waals surface area contributed by atoms with Crippen LogP contribution in [0.2, 0.25) is 0 Å². The summed E-state index contributed by atoms with van der Waals surface area (Å²) < 4.78 is 5.33. The molecule has 4 N–H and O–H groups in total. The van der Waals surface area contributed by atoms with Crippen LogP contribution < -0.4 is 11.1 Å². The summed E-state index contributed by atoms with van der Waals surface area (Å²) in [5, 5.41) is 12.9. The maximum atomic E-state index is 12.4. The van der Waals surface area contributed by atoms with E-state index in [1.807, 2.05) is 13.8 Å². The number of aliphatic hydroxyl groups excluding tert-OH is 1. The van der Waals surface area contributed by atoms with Gasteiger partial charge in [-0.25, -0.2) is 4.98 Å². The molecule has 1 fully saturated rings. The fraction of sp³-hybridized carbons (Fsp3) is 0.667. The first-order valence-corrected chi connectivity index (χ1v) is 7.37. The second-order valence-electron chi connectivity index (χ2n) is 4.96. The molecule has 0 spiro atoms. The third kappa shape index (κ3) is 3.38. The molecule has 0 aromatic carbocycles. The van der Waals surface area contributed by atoms with Crippen LogP contribution in [0.5, 0.6) is 0 Å². The number of carbonyl (C=O) groups is 1. The normalized spacial score (nSPS) is 19.4. The average molecular weight is 300 g/mol. The van der Waals surface area contributed by atoms with Gasteiger partial charge in [0.1, 0.15) is 10.7 Å². The van der Waals surface area contributed by atoms with Crippen LogP contribution in [-0.2, 0) is 4.74 Å². The highest BCUT2D eigenvalue weighted by Gasteiger charge is 2.27. The Morgan fingerprint density at radius 1 is 1.70 bits per heavy atom. The minimum atomic E-state index is -0.324. The molecule has 20 heavy (non-hydrogen) atoms. The van der Waals surface area contributed by atoms with Gasteiger partial charge in [0.25, 0.3) is 5.91 Å². The first-order chi connectivity index (χ1) is 9.51. The summed E-state index contributed by atoms with van der Waals surface area (Å²) in [5.41, 5.74) is 5.82. The zero-order valence-corrected chi connectivity index (χ0v) is 12.4. The van der Waals surface area contributed by atoms with Gasteiger partial charge in [0.2, 0.25) is 0 Å². The molecule has 7 nitrogen and oxygen atoms in total. The lowest BCUT2D eigenvalue weighted by atomic mass is 10.2. The molecule has 1 amide bonds. The monoisotopic (exact) mass is 300 g/mol. The highest BCUT2D eigenvalue weighted by Crippen LogP contribution is 2.27. The molecule has 0 bridgehead atoms. The third-order valence-corrected chi connectivity index (χ3v) is 3.88. The van der Waals surface area contributed by atoms with Crippen LogP contribution in [0.15, 0.2) is 0 Å². The van der Waals surface area contributed by atoms with E-state index in [0.717, 1.165) is 0 Å². The van der Waals surface area contributed by atoms with Crippen molar-refractivity contribution in [3.63, 3.8) is 0 Å². The quantitative estimate of drug-likeness (QED) is 0.743. The smallest absolute Gasteiger partial charge is 0.268 e. The number of rotatable bonds is 4. The van der Waals surface area contributed by atoms with Gasteiger partial charge in [-0.15, -0.1) is 0 Å². The van der Waals surface area contributed by atoms with Crippen LogP contribution in [0.25, 0.3) is 0 Å². The minimum Gasteiger partial charge on any atom is -0.394 e. The molecule has 2 heterocycles. The van der Waals surface area contributed by atoms with Crippen molar-refractivity contribution in [2.45, 2.75) is 26.0 Å². The summed E-state index contributed by atoms with van der Waals surface area (Å²) in [6.45, 7) is 5.19. The second kappa shape index (κ2) is 6.38. The van der Waals surface area contributed by atoms with Gasteiger partial charge in [0, 0.05) is 19.1 Å².